The van der Waals surface area contributed by atoms with Crippen molar-refractivity contribution >= 4 is 28.3 Å². The van der Waals surface area contributed by atoms with Crippen molar-refractivity contribution in [1.82, 2.24) is 15.0 Å². The fourth-order valence-corrected chi connectivity index (χ4v) is 2.31. The van der Waals surface area contributed by atoms with Crippen molar-refractivity contribution in [3.63, 3.8) is 0 Å². The molecule has 0 saturated carbocycles. The van der Waals surface area contributed by atoms with Crippen LogP contribution in [0.3, 0.4) is 0 Å². The number of anilines is 1. The fraction of sp³-hybridized carbons (Fsp3) is 0.133. The first kappa shape index (κ1) is 14.6. The van der Waals surface area contributed by atoms with Crippen LogP contribution < -0.4 is 5.32 Å². The molecule has 2 aromatic heterocycles. The van der Waals surface area contributed by atoms with Crippen molar-refractivity contribution in [3.8, 4) is 0 Å². The zero-order chi connectivity index (χ0) is 15.5. The molecular weight excluding hydrogens is 310 g/mol. The van der Waals surface area contributed by atoms with Crippen LogP contribution in [0, 0.1) is 11.6 Å². The largest absolute Gasteiger partial charge is 0.370 e. The van der Waals surface area contributed by atoms with E-state index >= 15 is 0 Å². The second-order valence-electron chi connectivity index (χ2n) is 4.62. The van der Waals surface area contributed by atoms with Crippen LogP contribution in [0.4, 0.5) is 14.6 Å². The topological polar surface area (TPSA) is 50.7 Å². The van der Waals surface area contributed by atoms with Crippen LogP contribution in [0.1, 0.15) is 5.56 Å². The maximum atomic E-state index is 14.4. The SMILES string of the molecule is Fc1cc2ncccc2c(F)c1CCNc1cc(Cl)ncn1. The first-order valence-corrected chi connectivity index (χ1v) is 6.96. The third-order valence-electron chi connectivity index (χ3n) is 3.21. The Labute approximate surface area is 130 Å². The van der Waals surface area contributed by atoms with Crippen molar-refractivity contribution in [2.75, 3.05) is 11.9 Å². The summed E-state index contributed by atoms with van der Waals surface area (Å²) in [6.45, 7) is 0.312. The Bertz CT molecular complexity index is 826. The molecule has 0 amide bonds. The van der Waals surface area contributed by atoms with Gasteiger partial charge in [0.15, 0.2) is 0 Å². The Kier molecular flexibility index (Phi) is 4.11. The molecule has 0 saturated heterocycles. The summed E-state index contributed by atoms with van der Waals surface area (Å²) in [6, 6.07) is 5.99. The van der Waals surface area contributed by atoms with Gasteiger partial charge in [-0.1, -0.05) is 11.6 Å². The number of benzene rings is 1. The van der Waals surface area contributed by atoms with E-state index in [1.165, 1.54) is 18.6 Å². The molecule has 1 aromatic carbocycles. The maximum Gasteiger partial charge on any atom is 0.138 e. The van der Waals surface area contributed by atoms with Crippen LogP contribution in [0.25, 0.3) is 10.9 Å². The van der Waals surface area contributed by atoms with Gasteiger partial charge >= 0.3 is 0 Å². The second kappa shape index (κ2) is 6.19. The second-order valence-corrected chi connectivity index (χ2v) is 5.01. The Balaban J connectivity index is 1.79. The van der Waals surface area contributed by atoms with Crippen molar-refractivity contribution < 1.29 is 8.78 Å². The van der Waals surface area contributed by atoms with E-state index in [0.29, 0.717) is 28.4 Å². The molecule has 2 heterocycles. The summed E-state index contributed by atoms with van der Waals surface area (Å²) in [7, 11) is 0. The summed E-state index contributed by atoms with van der Waals surface area (Å²) in [5, 5.41) is 3.56. The summed E-state index contributed by atoms with van der Waals surface area (Å²) < 4.78 is 28.4. The standard InChI is InChI=1S/C15H11ClF2N4/c16-13-7-14(22-8-21-13)20-5-3-9-11(17)6-12-10(15(9)18)2-1-4-19-12/h1-2,4,6-8H,3,5H2,(H,20,21,22). The highest BCUT2D eigenvalue weighted by Gasteiger charge is 2.13. The van der Waals surface area contributed by atoms with Crippen LogP contribution in [-0.2, 0) is 6.42 Å². The van der Waals surface area contributed by atoms with Crippen molar-refractivity contribution in [2.24, 2.45) is 0 Å². The highest BCUT2D eigenvalue weighted by molar-refractivity contribution is 6.29. The predicted octanol–water partition coefficient (Wildman–Crippen LogP) is 3.61. The lowest BCUT2D eigenvalue weighted by Crippen LogP contribution is -2.09. The van der Waals surface area contributed by atoms with Crippen molar-refractivity contribution in [2.45, 2.75) is 6.42 Å². The van der Waals surface area contributed by atoms with Gasteiger partial charge in [0.25, 0.3) is 0 Å². The molecule has 0 atom stereocenters. The number of nitrogens with zero attached hydrogens (tertiary/aromatic N) is 3. The molecule has 1 N–H and O–H groups in total. The van der Waals surface area contributed by atoms with E-state index in [4.69, 9.17) is 11.6 Å². The number of halogens is 3. The number of aromatic nitrogens is 3. The van der Waals surface area contributed by atoms with Gasteiger partial charge < -0.3 is 5.32 Å². The van der Waals surface area contributed by atoms with Crippen molar-refractivity contribution in [1.29, 1.82) is 0 Å². The van der Waals surface area contributed by atoms with Gasteiger partial charge in [0.1, 0.15) is 28.9 Å². The lowest BCUT2D eigenvalue weighted by molar-refractivity contribution is 0.565. The summed E-state index contributed by atoms with van der Waals surface area (Å²) in [5.41, 5.74) is 0.324. The van der Waals surface area contributed by atoms with E-state index in [2.05, 4.69) is 20.3 Å². The summed E-state index contributed by atoms with van der Waals surface area (Å²) in [5.74, 6) is -0.680. The summed E-state index contributed by atoms with van der Waals surface area (Å²) >= 11 is 5.74. The number of nitrogens with one attached hydrogen (secondary N) is 1. The molecule has 0 radical (unpaired) electrons. The molecule has 3 rings (SSSR count). The average Bonchev–Trinajstić information content (AvgIpc) is 2.51. The monoisotopic (exact) mass is 320 g/mol. The number of hydrogen-bond donors (Lipinski definition) is 1. The molecule has 0 aliphatic rings. The third kappa shape index (κ3) is 2.96. The minimum absolute atomic E-state index is 0.0214. The smallest absolute Gasteiger partial charge is 0.138 e. The number of rotatable bonds is 4. The van der Waals surface area contributed by atoms with Gasteiger partial charge in [-0.25, -0.2) is 18.7 Å². The van der Waals surface area contributed by atoms with Gasteiger partial charge in [0, 0.05) is 35.8 Å². The first-order chi connectivity index (χ1) is 10.6. The van der Waals surface area contributed by atoms with E-state index in [-0.39, 0.29) is 12.0 Å². The Hall–Kier alpha value is -2.34. The van der Waals surface area contributed by atoms with Gasteiger partial charge in [-0.3, -0.25) is 4.98 Å². The van der Waals surface area contributed by atoms with E-state index in [9.17, 15) is 8.78 Å². The molecule has 0 bridgehead atoms. The molecule has 7 heteroatoms. The molecule has 0 unspecified atom stereocenters. The number of fused-ring (bicyclic) bond motifs is 1. The normalized spacial score (nSPS) is 10.9. The molecule has 3 aromatic rings. The van der Waals surface area contributed by atoms with Gasteiger partial charge in [0.05, 0.1) is 5.52 Å². The van der Waals surface area contributed by atoms with Crippen LogP contribution in [0.15, 0.2) is 36.8 Å². The zero-order valence-electron chi connectivity index (χ0n) is 11.4. The van der Waals surface area contributed by atoms with E-state index in [0.717, 1.165) is 0 Å². The molecule has 0 aliphatic heterocycles. The van der Waals surface area contributed by atoms with Crippen LogP contribution >= 0.6 is 11.6 Å². The molecule has 0 spiro atoms. The van der Waals surface area contributed by atoms with Crippen LogP contribution in [0.5, 0.6) is 0 Å². The van der Waals surface area contributed by atoms with Gasteiger partial charge in [-0.15, -0.1) is 0 Å². The minimum Gasteiger partial charge on any atom is -0.370 e. The molecular formula is C15H11ClF2N4. The predicted molar refractivity (Wildman–Crippen MR) is 80.9 cm³/mol. The molecule has 0 fully saturated rings. The number of hydrogen-bond acceptors (Lipinski definition) is 4. The first-order valence-electron chi connectivity index (χ1n) is 6.58. The quantitative estimate of drug-likeness (QED) is 0.746. The lowest BCUT2D eigenvalue weighted by Gasteiger charge is -2.09. The minimum atomic E-state index is -0.605. The van der Waals surface area contributed by atoms with E-state index in [1.54, 1.807) is 18.2 Å². The highest BCUT2D eigenvalue weighted by atomic mass is 35.5. The number of pyridine rings is 1. The molecule has 22 heavy (non-hydrogen) atoms. The molecule has 112 valence electrons. The van der Waals surface area contributed by atoms with Crippen LogP contribution in [0.2, 0.25) is 5.15 Å². The van der Waals surface area contributed by atoms with E-state index in [1.807, 2.05) is 0 Å². The van der Waals surface area contributed by atoms with Crippen LogP contribution in [-0.4, -0.2) is 21.5 Å². The highest BCUT2D eigenvalue weighted by Crippen LogP contribution is 2.23. The lowest BCUT2D eigenvalue weighted by atomic mass is 10.1. The molecule has 0 aliphatic carbocycles. The van der Waals surface area contributed by atoms with Crippen molar-refractivity contribution in [3.05, 3.63) is 59.1 Å². The van der Waals surface area contributed by atoms with E-state index < -0.39 is 11.6 Å². The summed E-state index contributed by atoms with van der Waals surface area (Å²) in [6.07, 6.45) is 2.99. The molecule has 4 nitrogen and oxygen atoms in total. The maximum absolute atomic E-state index is 14.4. The average molecular weight is 321 g/mol. The Morgan fingerprint density at radius 2 is 2.00 bits per heavy atom. The Morgan fingerprint density at radius 3 is 2.82 bits per heavy atom. The zero-order valence-corrected chi connectivity index (χ0v) is 12.1. The van der Waals surface area contributed by atoms with Gasteiger partial charge in [-0.2, -0.15) is 0 Å². The van der Waals surface area contributed by atoms with Gasteiger partial charge in [0.2, 0.25) is 0 Å². The Morgan fingerprint density at radius 1 is 1.14 bits per heavy atom. The fourth-order valence-electron chi connectivity index (χ4n) is 2.17. The summed E-state index contributed by atoms with van der Waals surface area (Å²) in [4.78, 5) is 11.7. The third-order valence-corrected chi connectivity index (χ3v) is 3.41. The van der Waals surface area contributed by atoms with Gasteiger partial charge in [-0.05, 0) is 18.6 Å².